The van der Waals surface area contributed by atoms with Crippen molar-refractivity contribution >= 4 is 11.9 Å². The van der Waals surface area contributed by atoms with Crippen molar-refractivity contribution in [2.75, 3.05) is 0 Å². The van der Waals surface area contributed by atoms with Crippen LogP contribution in [0.25, 0.3) is 0 Å². The Labute approximate surface area is 91.3 Å². The Morgan fingerprint density at radius 1 is 1.06 bits per heavy atom. The topological polar surface area (TPSA) is 25.2 Å². The van der Waals surface area contributed by atoms with Gasteiger partial charge in [0.25, 0.3) is 0 Å². The molecule has 0 bridgehead atoms. The summed E-state index contributed by atoms with van der Waals surface area (Å²) in [7, 11) is 0. The van der Waals surface area contributed by atoms with Crippen molar-refractivity contribution in [1.82, 2.24) is 4.98 Å². The van der Waals surface area contributed by atoms with Crippen LogP contribution in [0, 0.1) is 11.6 Å². The van der Waals surface area contributed by atoms with Gasteiger partial charge in [-0.05, 0) is 18.2 Å². The molecule has 0 spiro atoms. The zero-order chi connectivity index (χ0) is 11.4. The van der Waals surface area contributed by atoms with Crippen molar-refractivity contribution in [2.45, 2.75) is 0 Å². The molecular weight excluding hydrogens is 210 g/mol. The largest absolute Gasteiger partial charge is 0.264 e. The molecule has 0 aliphatic rings. The van der Waals surface area contributed by atoms with E-state index in [1.54, 1.807) is 24.5 Å². The molecule has 1 aromatic carbocycles. The maximum Gasteiger partial charge on any atom is 0.151 e. The van der Waals surface area contributed by atoms with Gasteiger partial charge in [-0.1, -0.05) is 12.1 Å². The second kappa shape index (κ2) is 4.61. The molecule has 2 aromatic rings. The molecule has 0 fully saturated rings. The molecule has 2 rings (SSSR count). The number of rotatable bonds is 2. The summed E-state index contributed by atoms with van der Waals surface area (Å²) >= 11 is 0. The molecule has 0 amide bonds. The number of pyridine rings is 1. The van der Waals surface area contributed by atoms with Crippen LogP contribution in [0.4, 0.5) is 14.5 Å². The van der Waals surface area contributed by atoms with Crippen LogP contribution in [0.5, 0.6) is 0 Å². The molecule has 1 aromatic heterocycles. The molecule has 16 heavy (non-hydrogen) atoms. The van der Waals surface area contributed by atoms with Crippen molar-refractivity contribution in [2.24, 2.45) is 4.99 Å². The van der Waals surface area contributed by atoms with Crippen molar-refractivity contribution in [3.8, 4) is 0 Å². The van der Waals surface area contributed by atoms with Gasteiger partial charge in [0.2, 0.25) is 0 Å². The minimum absolute atomic E-state index is 0.286. The summed E-state index contributed by atoms with van der Waals surface area (Å²) in [6.07, 6.45) is 4.54. The summed E-state index contributed by atoms with van der Waals surface area (Å²) < 4.78 is 26.4. The maximum absolute atomic E-state index is 13.2. The Balaban J connectivity index is 2.31. The fourth-order valence-corrected chi connectivity index (χ4v) is 1.20. The summed E-state index contributed by atoms with van der Waals surface area (Å²) in [6.45, 7) is 0. The standard InChI is InChI=1S/C12H8F2N2/c13-10-4-1-5-11(14)12(10)16-8-9-3-2-6-15-7-9/h1-8H. The smallest absolute Gasteiger partial charge is 0.151 e. The van der Waals surface area contributed by atoms with Gasteiger partial charge in [0.05, 0.1) is 0 Å². The van der Waals surface area contributed by atoms with Crippen molar-refractivity contribution < 1.29 is 8.78 Å². The van der Waals surface area contributed by atoms with Crippen LogP contribution in [0.2, 0.25) is 0 Å². The highest BCUT2D eigenvalue weighted by Gasteiger charge is 2.05. The lowest BCUT2D eigenvalue weighted by Crippen LogP contribution is -1.85. The number of para-hydroxylation sites is 1. The highest BCUT2D eigenvalue weighted by molar-refractivity contribution is 5.81. The molecule has 0 saturated carbocycles. The molecule has 80 valence electrons. The zero-order valence-electron chi connectivity index (χ0n) is 8.27. The highest BCUT2D eigenvalue weighted by atomic mass is 19.1. The van der Waals surface area contributed by atoms with Gasteiger partial charge in [-0.15, -0.1) is 0 Å². The first-order chi connectivity index (χ1) is 7.77. The average molecular weight is 218 g/mol. The van der Waals surface area contributed by atoms with E-state index in [0.29, 0.717) is 5.56 Å². The van der Waals surface area contributed by atoms with E-state index in [2.05, 4.69) is 9.98 Å². The van der Waals surface area contributed by atoms with E-state index in [4.69, 9.17) is 0 Å². The molecule has 0 atom stereocenters. The SMILES string of the molecule is Fc1cccc(F)c1N=Cc1cccnc1. The van der Waals surface area contributed by atoms with Gasteiger partial charge in [0.1, 0.15) is 5.69 Å². The number of hydrogen-bond acceptors (Lipinski definition) is 2. The summed E-state index contributed by atoms with van der Waals surface area (Å²) in [4.78, 5) is 7.62. The first-order valence-corrected chi connectivity index (χ1v) is 4.65. The fourth-order valence-electron chi connectivity index (χ4n) is 1.20. The first kappa shape index (κ1) is 10.4. The molecule has 0 saturated heterocycles. The second-order valence-electron chi connectivity index (χ2n) is 3.11. The second-order valence-corrected chi connectivity index (χ2v) is 3.11. The van der Waals surface area contributed by atoms with Gasteiger partial charge < -0.3 is 0 Å². The maximum atomic E-state index is 13.2. The Morgan fingerprint density at radius 3 is 2.44 bits per heavy atom. The Morgan fingerprint density at radius 2 is 1.81 bits per heavy atom. The fraction of sp³-hybridized carbons (Fsp3) is 0. The van der Waals surface area contributed by atoms with Gasteiger partial charge in [0.15, 0.2) is 11.6 Å². The van der Waals surface area contributed by atoms with Gasteiger partial charge in [-0.2, -0.15) is 0 Å². The lowest BCUT2D eigenvalue weighted by atomic mass is 10.3. The Bertz CT molecular complexity index is 489. The van der Waals surface area contributed by atoms with Crippen LogP contribution in [-0.2, 0) is 0 Å². The van der Waals surface area contributed by atoms with E-state index in [1.807, 2.05) is 0 Å². The minimum atomic E-state index is -0.680. The highest BCUT2D eigenvalue weighted by Crippen LogP contribution is 2.21. The quantitative estimate of drug-likeness (QED) is 0.711. The predicted molar refractivity (Wildman–Crippen MR) is 57.8 cm³/mol. The number of benzene rings is 1. The van der Waals surface area contributed by atoms with E-state index in [-0.39, 0.29) is 5.69 Å². The molecular formula is C12H8F2N2. The van der Waals surface area contributed by atoms with Crippen LogP contribution in [-0.4, -0.2) is 11.2 Å². The van der Waals surface area contributed by atoms with Crippen LogP contribution in [0.1, 0.15) is 5.56 Å². The van der Waals surface area contributed by atoms with E-state index in [0.717, 1.165) is 0 Å². The van der Waals surface area contributed by atoms with Gasteiger partial charge in [-0.3, -0.25) is 9.98 Å². The lowest BCUT2D eigenvalue weighted by Gasteiger charge is -1.97. The lowest BCUT2D eigenvalue weighted by molar-refractivity contribution is 0.587. The van der Waals surface area contributed by atoms with Crippen LogP contribution in [0.3, 0.4) is 0 Å². The summed E-state index contributed by atoms with van der Waals surface area (Å²) in [5, 5.41) is 0. The molecule has 0 unspecified atom stereocenters. The number of nitrogens with zero attached hydrogens (tertiary/aromatic N) is 2. The van der Waals surface area contributed by atoms with E-state index >= 15 is 0 Å². The third kappa shape index (κ3) is 2.28. The Hall–Kier alpha value is -2.10. The molecule has 0 radical (unpaired) electrons. The van der Waals surface area contributed by atoms with Crippen molar-refractivity contribution in [3.05, 3.63) is 59.9 Å². The molecule has 0 aliphatic heterocycles. The van der Waals surface area contributed by atoms with E-state index < -0.39 is 11.6 Å². The monoisotopic (exact) mass is 218 g/mol. The predicted octanol–water partition coefficient (Wildman–Crippen LogP) is 3.11. The number of halogens is 2. The third-order valence-electron chi connectivity index (χ3n) is 1.96. The van der Waals surface area contributed by atoms with Crippen molar-refractivity contribution in [1.29, 1.82) is 0 Å². The molecule has 4 heteroatoms. The number of hydrogen-bond donors (Lipinski definition) is 0. The molecule has 1 heterocycles. The molecule has 0 N–H and O–H groups in total. The number of aliphatic imine (C=N–C) groups is 1. The first-order valence-electron chi connectivity index (χ1n) is 4.65. The van der Waals surface area contributed by atoms with Gasteiger partial charge in [0, 0.05) is 24.2 Å². The molecule has 2 nitrogen and oxygen atoms in total. The van der Waals surface area contributed by atoms with E-state index in [9.17, 15) is 8.78 Å². The number of aromatic nitrogens is 1. The van der Waals surface area contributed by atoms with Crippen LogP contribution < -0.4 is 0 Å². The van der Waals surface area contributed by atoms with Gasteiger partial charge in [-0.25, -0.2) is 8.78 Å². The minimum Gasteiger partial charge on any atom is -0.264 e. The van der Waals surface area contributed by atoms with E-state index in [1.165, 1.54) is 24.4 Å². The van der Waals surface area contributed by atoms with Gasteiger partial charge >= 0.3 is 0 Å². The average Bonchev–Trinajstić information content (AvgIpc) is 2.30. The molecule has 0 aliphatic carbocycles. The summed E-state index contributed by atoms with van der Waals surface area (Å²) in [5.74, 6) is -1.36. The van der Waals surface area contributed by atoms with Crippen LogP contribution in [0.15, 0.2) is 47.7 Å². The zero-order valence-corrected chi connectivity index (χ0v) is 8.27. The van der Waals surface area contributed by atoms with Crippen LogP contribution >= 0.6 is 0 Å². The van der Waals surface area contributed by atoms with Crippen molar-refractivity contribution in [3.63, 3.8) is 0 Å². The Kier molecular flexibility index (Phi) is 3.00. The normalized spacial score (nSPS) is 10.9. The summed E-state index contributed by atoms with van der Waals surface area (Å²) in [6, 6.07) is 7.10. The third-order valence-corrected chi connectivity index (χ3v) is 1.96. The summed E-state index contributed by atoms with van der Waals surface area (Å²) in [5.41, 5.74) is 0.400.